The minimum atomic E-state index is -4.50. The monoisotopic (exact) mass is 223 g/mol. The van der Waals surface area contributed by atoms with Crippen LogP contribution in [0.1, 0.15) is 6.42 Å². The SMILES string of the molecule is N#CC(COCC1CCOC1)C(F)(F)F. The molecule has 0 aromatic heterocycles. The maximum Gasteiger partial charge on any atom is 0.406 e. The van der Waals surface area contributed by atoms with E-state index in [4.69, 9.17) is 14.7 Å². The van der Waals surface area contributed by atoms with Gasteiger partial charge in [-0.3, -0.25) is 0 Å². The molecule has 0 aromatic rings. The second kappa shape index (κ2) is 5.33. The highest BCUT2D eigenvalue weighted by Gasteiger charge is 2.40. The molecule has 15 heavy (non-hydrogen) atoms. The lowest BCUT2D eigenvalue weighted by Crippen LogP contribution is -2.27. The Kier molecular flexibility index (Phi) is 4.36. The molecule has 1 rings (SSSR count). The molecule has 1 saturated heterocycles. The van der Waals surface area contributed by atoms with Crippen LogP contribution in [-0.4, -0.2) is 32.6 Å². The van der Waals surface area contributed by atoms with Crippen LogP contribution in [0.3, 0.4) is 0 Å². The zero-order valence-electron chi connectivity index (χ0n) is 8.09. The van der Waals surface area contributed by atoms with Crippen molar-refractivity contribution < 1.29 is 22.6 Å². The number of halogens is 3. The molecule has 0 N–H and O–H groups in total. The van der Waals surface area contributed by atoms with Crippen LogP contribution in [-0.2, 0) is 9.47 Å². The first kappa shape index (κ1) is 12.3. The van der Waals surface area contributed by atoms with Gasteiger partial charge >= 0.3 is 6.18 Å². The van der Waals surface area contributed by atoms with E-state index in [1.807, 2.05) is 0 Å². The Morgan fingerprint density at radius 2 is 2.27 bits per heavy atom. The maximum atomic E-state index is 12.1. The molecule has 3 nitrogen and oxygen atoms in total. The molecule has 1 aliphatic rings. The summed E-state index contributed by atoms with van der Waals surface area (Å²) in [5.74, 6) is -1.86. The van der Waals surface area contributed by atoms with Crippen LogP contribution in [0.4, 0.5) is 13.2 Å². The lowest BCUT2D eigenvalue weighted by molar-refractivity contribution is -0.172. The van der Waals surface area contributed by atoms with Gasteiger partial charge in [0.25, 0.3) is 0 Å². The highest BCUT2D eigenvalue weighted by molar-refractivity contribution is 4.88. The zero-order valence-corrected chi connectivity index (χ0v) is 8.09. The van der Waals surface area contributed by atoms with Crippen molar-refractivity contribution in [3.05, 3.63) is 0 Å². The van der Waals surface area contributed by atoms with Gasteiger partial charge in [-0.1, -0.05) is 0 Å². The fraction of sp³-hybridized carbons (Fsp3) is 0.889. The van der Waals surface area contributed by atoms with E-state index >= 15 is 0 Å². The third kappa shape index (κ3) is 4.06. The van der Waals surface area contributed by atoms with Crippen LogP contribution < -0.4 is 0 Å². The first-order valence-electron chi connectivity index (χ1n) is 4.66. The summed E-state index contributed by atoms with van der Waals surface area (Å²) in [4.78, 5) is 0. The molecule has 6 heteroatoms. The highest BCUT2D eigenvalue weighted by atomic mass is 19.4. The Morgan fingerprint density at radius 3 is 2.73 bits per heavy atom. The van der Waals surface area contributed by atoms with Crippen LogP contribution >= 0.6 is 0 Å². The number of hydrogen-bond donors (Lipinski definition) is 0. The van der Waals surface area contributed by atoms with Crippen molar-refractivity contribution in [3.63, 3.8) is 0 Å². The zero-order chi connectivity index (χ0) is 11.3. The first-order chi connectivity index (χ1) is 7.04. The predicted octanol–water partition coefficient (Wildman–Crippen LogP) is 1.74. The van der Waals surface area contributed by atoms with Gasteiger partial charge in [-0.05, 0) is 6.42 Å². The van der Waals surface area contributed by atoms with Crippen LogP contribution in [0.25, 0.3) is 0 Å². The molecule has 2 unspecified atom stereocenters. The van der Waals surface area contributed by atoms with Crippen molar-refractivity contribution in [2.24, 2.45) is 11.8 Å². The lowest BCUT2D eigenvalue weighted by atomic mass is 10.1. The predicted molar refractivity (Wildman–Crippen MR) is 44.9 cm³/mol. The van der Waals surface area contributed by atoms with Gasteiger partial charge in [0.1, 0.15) is 0 Å². The van der Waals surface area contributed by atoms with E-state index in [1.54, 1.807) is 0 Å². The molecule has 0 saturated carbocycles. The van der Waals surface area contributed by atoms with Gasteiger partial charge in [0.15, 0.2) is 5.92 Å². The molecule has 0 radical (unpaired) electrons. The van der Waals surface area contributed by atoms with E-state index in [0.717, 1.165) is 6.42 Å². The van der Waals surface area contributed by atoms with Gasteiger partial charge in [0.05, 0.1) is 25.9 Å². The normalized spacial score (nSPS) is 23.7. The smallest absolute Gasteiger partial charge is 0.381 e. The number of hydrogen-bond acceptors (Lipinski definition) is 3. The van der Waals surface area contributed by atoms with E-state index in [0.29, 0.717) is 13.2 Å². The van der Waals surface area contributed by atoms with Crippen LogP contribution in [0, 0.1) is 23.2 Å². The highest BCUT2D eigenvalue weighted by Crippen LogP contribution is 2.26. The Balaban J connectivity index is 2.20. The summed E-state index contributed by atoms with van der Waals surface area (Å²) in [5, 5.41) is 8.28. The second-order valence-corrected chi connectivity index (χ2v) is 3.49. The fourth-order valence-electron chi connectivity index (χ4n) is 1.27. The number of ether oxygens (including phenoxy) is 2. The summed E-state index contributed by atoms with van der Waals surface area (Å²) < 4.78 is 46.2. The van der Waals surface area contributed by atoms with Crippen LogP contribution in [0.15, 0.2) is 0 Å². The largest absolute Gasteiger partial charge is 0.406 e. The number of alkyl halides is 3. The molecule has 86 valence electrons. The van der Waals surface area contributed by atoms with Gasteiger partial charge in [-0.2, -0.15) is 18.4 Å². The van der Waals surface area contributed by atoms with Crippen molar-refractivity contribution in [2.45, 2.75) is 12.6 Å². The van der Waals surface area contributed by atoms with E-state index in [9.17, 15) is 13.2 Å². The van der Waals surface area contributed by atoms with Crippen molar-refractivity contribution in [3.8, 4) is 6.07 Å². The van der Waals surface area contributed by atoms with Gasteiger partial charge in [-0.25, -0.2) is 0 Å². The van der Waals surface area contributed by atoms with Crippen LogP contribution in [0.2, 0.25) is 0 Å². The molecule has 1 fully saturated rings. The molecular formula is C9H12F3NO2. The minimum Gasteiger partial charge on any atom is -0.381 e. The molecule has 1 aliphatic heterocycles. The Labute approximate surface area is 85.8 Å². The number of nitrogens with zero attached hydrogens (tertiary/aromatic N) is 1. The molecule has 0 amide bonds. The molecule has 1 heterocycles. The van der Waals surface area contributed by atoms with Crippen molar-refractivity contribution in [1.82, 2.24) is 0 Å². The maximum absolute atomic E-state index is 12.1. The average Bonchev–Trinajstić information content (AvgIpc) is 2.62. The van der Waals surface area contributed by atoms with E-state index in [-0.39, 0.29) is 12.5 Å². The van der Waals surface area contributed by atoms with Gasteiger partial charge < -0.3 is 9.47 Å². The fourth-order valence-corrected chi connectivity index (χ4v) is 1.27. The van der Waals surface area contributed by atoms with Gasteiger partial charge in [0.2, 0.25) is 0 Å². The summed E-state index contributed by atoms with van der Waals surface area (Å²) in [7, 11) is 0. The molecule has 0 aliphatic carbocycles. The molecule has 0 spiro atoms. The lowest BCUT2D eigenvalue weighted by Gasteiger charge is -2.14. The van der Waals surface area contributed by atoms with Crippen molar-refractivity contribution in [1.29, 1.82) is 5.26 Å². The van der Waals surface area contributed by atoms with E-state index in [1.165, 1.54) is 6.07 Å². The molecule has 2 atom stereocenters. The summed E-state index contributed by atoms with van der Waals surface area (Å²) in [6, 6.07) is 1.19. The van der Waals surface area contributed by atoms with Gasteiger partial charge in [-0.15, -0.1) is 0 Å². The van der Waals surface area contributed by atoms with Crippen molar-refractivity contribution in [2.75, 3.05) is 26.4 Å². The molecular weight excluding hydrogens is 211 g/mol. The van der Waals surface area contributed by atoms with E-state index in [2.05, 4.69) is 0 Å². The second-order valence-electron chi connectivity index (χ2n) is 3.49. The number of rotatable bonds is 4. The first-order valence-corrected chi connectivity index (χ1v) is 4.66. The third-order valence-electron chi connectivity index (χ3n) is 2.21. The average molecular weight is 223 g/mol. The topological polar surface area (TPSA) is 42.2 Å². The number of nitriles is 1. The Hall–Kier alpha value is -0.800. The summed E-state index contributed by atoms with van der Waals surface area (Å²) in [5.41, 5.74) is 0. The standard InChI is InChI=1S/C9H12F3NO2/c10-9(11,12)8(3-13)6-15-5-7-1-2-14-4-7/h7-8H,1-2,4-6H2. The Morgan fingerprint density at radius 1 is 1.53 bits per heavy atom. The summed E-state index contributed by atoms with van der Waals surface area (Å²) >= 11 is 0. The Bertz CT molecular complexity index is 230. The molecule has 0 aromatic carbocycles. The van der Waals surface area contributed by atoms with Crippen molar-refractivity contribution >= 4 is 0 Å². The van der Waals surface area contributed by atoms with Crippen LogP contribution in [0.5, 0.6) is 0 Å². The van der Waals surface area contributed by atoms with Gasteiger partial charge in [0, 0.05) is 12.5 Å². The summed E-state index contributed by atoms with van der Waals surface area (Å²) in [6.45, 7) is 0.809. The summed E-state index contributed by atoms with van der Waals surface area (Å²) in [6.07, 6.45) is -3.69. The third-order valence-corrected chi connectivity index (χ3v) is 2.21. The molecule has 0 bridgehead atoms. The quantitative estimate of drug-likeness (QED) is 0.729. The van der Waals surface area contributed by atoms with E-state index < -0.39 is 18.7 Å². The minimum absolute atomic E-state index is 0.164.